The number of rotatable bonds is 4. The first-order valence-corrected chi connectivity index (χ1v) is 9.84. The second-order valence-electron chi connectivity index (χ2n) is 8.47. The molecule has 6 heteroatoms. The zero-order chi connectivity index (χ0) is 17.4. The Labute approximate surface area is 148 Å². The summed E-state index contributed by atoms with van der Waals surface area (Å²) in [4.78, 5) is 36.5. The predicted octanol–water partition coefficient (Wildman–Crippen LogP) is 1.39. The molecule has 1 heterocycles. The Balaban J connectivity index is 1.27. The Kier molecular flexibility index (Phi) is 4.69. The van der Waals surface area contributed by atoms with Crippen molar-refractivity contribution in [2.75, 3.05) is 13.2 Å². The largest absolute Gasteiger partial charge is 0.455 e. The molecule has 0 aromatic carbocycles. The van der Waals surface area contributed by atoms with Gasteiger partial charge in [0, 0.05) is 6.54 Å². The summed E-state index contributed by atoms with van der Waals surface area (Å²) in [5.41, 5.74) is 0. The number of amides is 2. The summed E-state index contributed by atoms with van der Waals surface area (Å²) in [6.45, 7) is 0.387. The van der Waals surface area contributed by atoms with Crippen molar-refractivity contribution in [2.45, 2.75) is 57.4 Å². The molecule has 1 saturated heterocycles. The summed E-state index contributed by atoms with van der Waals surface area (Å²) in [6.07, 6.45) is 8.43. The second-order valence-corrected chi connectivity index (χ2v) is 8.47. The van der Waals surface area contributed by atoms with Gasteiger partial charge in [-0.2, -0.15) is 0 Å². The molecule has 5 rings (SSSR count). The van der Waals surface area contributed by atoms with E-state index in [0.29, 0.717) is 24.8 Å². The predicted molar refractivity (Wildman–Crippen MR) is 90.3 cm³/mol. The van der Waals surface area contributed by atoms with Crippen molar-refractivity contribution >= 4 is 17.8 Å². The molecule has 1 aliphatic heterocycles. The lowest BCUT2D eigenvalue weighted by molar-refractivity contribution is -0.165. The van der Waals surface area contributed by atoms with E-state index in [1.54, 1.807) is 0 Å². The van der Waals surface area contributed by atoms with Gasteiger partial charge in [-0.25, -0.2) is 0 Å². The van der Waals surface area contributed by atoms with Crippen LogP contribution >= 0.6 is 0 Å². The minimum atomic E-state index is -0.505. The van der Waals surface area contributed by atoms with Gasteiger partial charge in [0.2, 0.25) is 5.91 Å². The molecule has 0 spiro atoms. The molecule has 6 nitrogen and oxygen atoms in total. The van der Waals surface area contributed by atoms with E-state index in [1.165, 1.54) is 6.42 Å². The maximum atomic E-state index is 12.6. The van der Waals surface area contributed by atoms with Gasteiger partial charge >= 0.3 is 5.97 Å². The molecule has 4 saturated carbocycles. The van der Waals surface area contributed by atoms with Gasteiger partial charge in [0.15, 0.2) is 6.61 Å². The van der Waals surface area contributed by atoms with Crippen LogP contribution in [-0.2, 0) is 19.1 Å². The smallest absolute Gasteiger partial charge is 0.310 e. The average molecular weight is 348 g/mol. The van der Waals surface area contributed by atoms with Gasteiger partial charge in [0.05, 0.1) is 5.92 Å². The lowest BCUT2D eigenvalue weighted by Gasteiger charge is -2.53. The van der Waals surface area contributed by atoms with Crippen LogP contribution in [0.2, 0.25) is 0 Å². The number of hydrogen-bond acceptors (Lipinski definition) is 4. The maximum absolute atomic E-state index is 12.6. The molecule has 5 aliphatic rings. The summed E-state index contributed by atoms with van der Waals surface area (Å²) in [7, 11) is 0. The van der Waals surface area contributed by atoms with Crippen molar-refractivity contribution in [1.29, 1.82) is 0 Å². The van der Waals surface area contributed by atoms with Crippen LogP contribution in [-0.4, -0.2) is 37.0 Å². The van der Waals surface area contributed by atoms with Crippen LogP contribution in [0.3, 0.4) is 0 Å². The zero-order valence-electron chi connectivity index (χ0n) is 14.7. The van der Waals surface area contributed by atoms with Crippen molar-refractivity contribution < 1.29 is 19.1 Å². The number of carbonyl (C=O) groups is 3. The Morgan fingerprint density at radius 2 is 1.72 bits per heavy atom. The molecule has 5 fully saturated rings. The van der Waals surface area contributed by atoms with Gasteiger partial charge in [0.25, 0.3) is 5.91 Å². The second kappa shape index (κ2) is 6.96. The minimum absolute atomic E-state index is 0.0122. The van der Waals surface area contributed by atoms with E-state index in [9.17, 15) is 14.4 Å². The highest BCUT2D eigenvalue weighted by molar-refractivity contribution is 5.89. The van der Waals surface area contributed by atoms with Crippen molar-refractivity contribution in [3.63, 3.8) is 0 Å². The third-order valence-corrected chi connectivity index (χ3v) is 6.71. The van der Waals surface area contributed by atoms with E-state index in [-0.39, 0.29) is 30.3 Å². The van der Waals surface area contributed by atoms with Crippen LogP contribution in [0.15, 0.2) is 0 Å². The highest BCUT2D eigenvalue weighted by Crippen LogP contribution is 2.56. The van der Waals surface area contributed by atoms with Gasteiger partial charge in [-0.3, -0.25) is 14.4 Å². The van der Waals surface area contributed by atoms with E-state index in [0.717, 1.165) is 50.4 Å². The van der Waals surface area contributed by atoms with Crippen LogP contribution in [0.25, 0.3) is 0 Å². The average Bonchev–Trinajstić information content (AvgIpc) is 2.77. The molecule has 138 valence electrons. The summed E-state index contributed by atoms with van der Waals surface area (Å²) >= 11 is 0. The molecule has 25 heavy (non-hydrogen) atoms. The van der Waals surface area contributed by atoms with Crippen molar-refractivity contribution in [3.8, 4) is 0 Å². The Bertz CT molecular complexity index is 534. The lowest BCUT2D eigenvalue weighted by atomic mass is 9.52. The standard InChI is InChI=1S/C19H28N2O4/c22-16(21-15-3-1-2-4-20-18(15)23)10-25-19(24)17-13-6-11-5-12(8-13)9-14(17)7-11/h11-15,17H,1-10H2,(H,20,23)(H,21,22)/t11?,12?,13?,14?,15-,17?/m0/s1. The fraction of sp³-hybridized carbons (Fsp3) is 0.842. The first-order valence-electron chi connectivity index (χ1n) is 9.84. The Hall–Kier alpha value is -1.59. The van der Waals surface area contributed by atoms with Gasteiger partial charge < -0.3 is 15.4 Å². The van der Waals surface area contributed by atoms with Crippen molar-refractivity contribution in [1.82, 2.24) is 10.6 Å². The van der Waals surface area contributed by atoms with E-state index in [4.69, 9.17) is 4.74 Å². The molecule has 0 aromatic heterocycles. The highest BCUT2D eigenvalue weighted by Gasteiger charge is 2.51. The molecular weight excluding hydrogens is 320 g/mol. The van der Waals surface area contributed by atoms with Gasteiger partial charge in [-0.15, -0.1) is 0 Å². The van der Waals surface area contributed by atoms with Crippen LogP contribution in [0.4, 0.5) is 0 Å². The maximum Gasteiger partial charge on any atom is 0.310 e. The topological polar surface area (TPSA) is 84.5 Å². The molecule has 2 N–H and O–H groups in total. The zero-order valence-corrected chi connectivity index (χ0v) is 14.7. The minimum Gasteiger partial charge on any atom is -0.455 e. The van der Waals surface area contributed by atoms with E-state index in [2.05, 4.69) is 10.6 Å². The number of ether oxygens (including phenoxy) is 1. The Morgan fingerprint density at radius 3 is 2.40 bits per heavy atom. The first kappa shape index (κ1) is 16.9. The van der Waals surface area contributed by atoms with Crippen molar-refractivity contribution in [3.05, 3.63) is 0 Å². The molecule has 1 atom stereocenters. The molecule has 4 aliphatic carbocycles. The van der Waals surface area contributed by atoms with Crippen LogP contribution in [0.5, 0.6) is 0 Å². The number of esters is 1. The van der Waals surface area contributed by atoms with Gasteiger partial charge in [-0.1, -0.05) is 0 Å². The van der Waals surface area contributed by atoms with Gasteiger partial charge in [0.1, 0.15) is 6.04 Å². The van der Waals surface area contributed by atoms with E-state index in [1.807, 2.05) is 0 Å². The number of hydrogen-bond donors (Lipinski definition) is 2. The third kappa shape index (κ3) is 3.53. The molecule has 0 unspecified atom stereocenters. The van der Waals surface area contributed by atoms with Crippen molar-refractivity contribution in [2.24, 2.45) is 29.6 Å². The number of carbonyl (C=O) groups excluding carboxylic acids is 3. The highest BCUT2D eigenvalue weighted by atomic mass is 16.5. The molecule has 2 amide bonds. The van der Waals surface area contributed by atoms with Gasteiger partial charge in [-0.05, 0) is 75.0 Å². The summed E-state index contributed by atoms with van der Waals surface area (Å²) in [5, 5.41) is 5.49. The van der Waals surface area contributed by atoms with E-state index < -0.39 is 6.04 Å². The quantitative estimate of drug-likeness (QED) is 0.752. The molecule has 4 bridgehead atoms. The molecular formula is C19H28N2O4. The lowest BCUT2D eigenvalue weighted by Crippen LogP contribution is -2.49. The first-order chi connectivity index (χ1) is 12.1. The normalized spacial score (nSPS) is 39.4. The summed E-state index contributed by atoms with van der Waals surface area (Å²) < 4.78 is 5.36. The summed E-state index contributed by atoms with van der Waals surface area (Å²) in [6, 6.07) is -0.505. The fourth-order valence-electron chi connectivity index (χ4n) is 5.86. The summed E-state index contributed by atoms with van der Waals surface area (Å²) in [5.74, 6) is 1.81. The SMILES string of the molecule is O=C(COC(=O)C1C2CC3CC(C2)CC1C3)N[C@H]1CCCCNC1=O. The third-order valence-electron chi connectivity index (χ3n) is 6.71. The monoisotopic (exact) mass is 348 g/mol. The van der Waals surface area contributed by atoms with Crippen LogP contribution < -0.4 is 10.6 Å². The van der Waals surface area contributed by atoms with Crippen LogP contribution in [0, 0.1) is 29.6 Å². The van der Waals surface area contributed by atoms with Crippen LogP contribution in [0.1, 0.15) is 51.4 Å². The Morgan fingerprint density at radius 1 is 1.04 bits per heavy atom. The van der Waals surface area contributed by atoms with E-state index >= 15 is 0 Å². The number of nitrogens with one attached hydrogen (secondary N) is 2. The fourth-order valence-corrected chi connectivity index (χ4v) is 5.86. The molecule has 0 aromatic rings. The molecule has 0 radical (unpaired) electrons.